The van der Waals surface area contributed by atoms with Crippen LogP contribution in [0, 0.1) is 0 Å². The lowest BCUT2D eigenvalue weighted by molar-refractivity contribution is 0.313. The largest absolute Gasteiger partial charge is 0.357 e. The van der Waals surface area contributed by atoms with E-state index in [1.54, 1.807) is 12.1 Å². The van der Waals surface area contributed by atoms with Gasteiger partial charge in [0, 0.05) is 25.9 Å². The zero-order chi connectivity index (χ0) is 18.7. The second-order valence-electron chi connectivity index (χ2n) is 5.88. The second-order valence-corrected chi connectivity index (χ2v) is 7.90. The number of benzene rings is 1. The third kappa shape index (κ3) is 8.36. The number of rotatable bonds is 10. The quantitative estimate of drug-likeness (QED) is 0.484. The third-order valence-corrected chi connectivity index (χ3v) is 5.11. The molecule has 0 spiro atoms. The maximum absolute atomic E-state index is 11.5. The lowest BCUT2D eigenvalue weighted by Gasteiger charge is -2.17. The van der Waals surface area contributed by atoms with Crippen LogP contribution in [-0.4, -0.2) is 64.8 Å². The SMILES string of the molecule is CCNC(=NCCN(CC)CC)NCCc1ccc(S(C)(=O)=O)cc1. The third-order valence-electron chi connectivity index (χ3n) is 3.98. The molecule has 0 aliphatic carbocycles. The molecule has 25 heavy (non-hydrogen) atoms. The second kappa shape index (κ2) is 11.1. The van der Waals surface area contributed by atoms with E-state index in [1.165, 1.54) is 6.26 Å². The van der Waals surface area contributed by atoms with E-state index in [4.69, 9.17) is 0 Å². The summed E-state index contributed by atoms with van der Waals surface area (Å²) in [6.45, 7) is 11.7. The number of hydrogen-bond acceptors (Lipinski definition) is 4. The van der Waals surface area contributed by atoms with E-state index in [2.05, 4.69) is 34.4 Å². The Bertz CT molecular complexity index is 623. The molecule has 7 heteroatoms. The fraction of sp³-hybridized carbons (Fsp3) is 0.611. The number of nitrogens with zero attached hydrogens (tertiary/aromatic N) is 2. The van der Waals surface area contributed by atoms with E-state index in [-0.39, 0.29) is 0 Å². The Kier molecular flexibility index (Phi) is 9.52. The first-order chi connectivity index (χ1) is 11.9. The Morgan fingerprint density at radius 1 is 1.08 bits per heavy atom. The fourth-order valence-electron chi connectivity index (χ4n) is 2.41. The van der Waals surface area contributed by atoms with Crippen molar-refractivity contribution in [3.05, 3.63) is 29.8 Å². The molecule has 0 bridgehead atoms. The smallest absolute Gasteiger partial charge is 0.191 e. The highest BCUT2D eigenvalue weighted by molar-refractivity contribution is 7.90. The van der Waals surface area contributed by atoms with Crippen molar-refractivity contribution in [2.75, 3.05) is 45.5 Å². The van der Waals surface area contributed by atoms with Gasteiger partial charge in [-0.2, -0.15) is 0 Å². The van der Waals surface area contributed by atoms with Gasteiger partial charge in [0.05, 0.1) is 11.4 Å². The number of aliphatic imine (C=N–C) groups is 1. The van der Waals surface area contributed by atoms with Crippen LogP contribution in [0.1, 0.15) is 26.3 Å². The highest BCUT2D eigenvalue weighted by Crippen LogP contribution is 2.10. The first-order valence-corrected chi connectivity index (χ1v) is 10.8. The van der Waals surface area contributed by atoms with Gasteiger partial charge in [-0.25, -0.2) is 8.42 Å². The van der Waals surface area contributed by atoms with Crippen LogP contribution in [0.4, 0.5) is 0 Å². The van der Waals surface area contributed by atoms with E-state index >= 15 is 0 Å². The van der Waals surface area contributed by atoms with Crippen molar-refractivity contribution in [2.45, 2.75) is 32.1 Å². The monoisotopic (exact) mass is 368 g/mol. The predicted molar refractivity (Wildman–Crippen MR) is 105 cm³/mol. The molecule has 142 valence electrons. The molecule has 0 heterocycles. The zero-order valence-corrected chi connectivity index (χ0v) is 16.7. The average molecular weight is 369 g/mol. The summed E-state index contributed by atoms with van der Waals surface area (Å²) in [6.07, 6.45) is 2.03. The molecular formula is C18H32N4O2S. The Hall–Kier alpha value is -1.60. The summed E-state index contributed by atoms with van der Waals surface area (Å²) in [5, 5.41) is 6.57. The van der Waals surface area contributed by atoms with Crippen molar-refractivity contribution in [3.63, 3.8) is 0 Å². The van der Waals surface area contributed by atoms with Crippen LogP contribution >= 0.6 is 0 Å². The maximum Gasteiger partial charge on any atom is 0.191 e. The first kappa shape index (κ1) is 21.4. The van der Waals surface area contributed by atoms with Gasteiger partial charge in [-0.15, -0.1) is 0 Å². The summed E-state index contributed by atoms with van der Waals surface area (Å²) < 4.78 is 22.9. The van der Waals surface area contributed by atoms with Gasteiger partial charge in [-0.3, -0.25) is 4.99 Å². The van der Waals surface area contributed by atoms with Crippen molar-refractivity contribution in [2.24, 2.45) is 4.99 Å². The Morgan fingerprint density at radius 3 is 2.24 bits per heavy atom. The van der Waals surface area contributed by atoms with Crippen molar-refractivity contribution < 1.29 is 8.42 Å². The van der Waals surface area contributed by atoms with Crippen LogP contribution in [-0.2, 0) is 16.3 Å². The molecule has 0 aromatic heterocycles. The minimum absolute atomic E-state index is 0.357. The zero-order valence-electron chi connectivity index (χ0n) is 15.9. The van der Waals surface area contributed by atoms with Crippen LogP contribution in [0.5, 0.6) is 0 Å². The Morgan fingerprint density at radius 2 is 1.72 bits per heavy atom. The molecular weight excluding hydrogens is 336 g/mol. The lowest BCUT2D eigenvalue weighted by atomic mass is 10.1. The molecule has 0 aliphatic rings. The van der Waals surface area contributed by atoms with Gasteiger partial charge < -0.3 is 15.5 Å². The summed E-state index contributed by atoms with van der Waals surface area (Å²) in [6, 6.07) is 7.05. The average Bonchev–Trinajstić information content (AvgIpc) is 2.58. The number of guanidine groups is 1. The molecule has 0 unspecified atom stereocenters. The van der Waals surface area contributed by atoms with E-state index in [1.807, 2.05) is 19.1 Å². The van der Waals surface area contributed by atoms with E-state index in [9.17, 15) is 8.42 Å². The number of likely N-dealkylation sites (N-methyl/N-ethyl adjacent to an activating group) is 1. The molecule has 0 saturated heterocycles. The number of sulfone groups is 1. The minimum Gasteiger partial charge on any atom is -0.357 e. The van der Waals surface area contributed by atoms with Crippen LogP contribution in [0.15, 0.2) is 34.2 Å². The molecule has 1 rings (SSSR count). The van der Waals surface area contributed by atoms with Gasteiger partial charge in [0.1, 0.15) is 0 Å². The van der Waals surface area contributed by atoms with Gasteiger partial charge in [0.2, 0.25) is 0 Å². The molecule has 1 aromatic rings. The van der Waals surface area contributed by atoms with E-state index in [0.717, 1.165) is 57.2 Å². The van der Waals surface area contributed by atoms with Crippen LogP contribution in [0.2, 0.25) is 0 Å². The predicted octanol–water partition coefficient (Wildman–Crippen LogP) is 1.53. The van der Waals surface area contributed by atoms with E-state index < -0.39 is 9.84 Å². The van der Waals surface area contributed by atoms with Crippen LogP contribution < -0.4 is 10.6 Å². The molecule has 0 amide bonds. The lowest BCUT2D eigenvalue weighted by Crippen LogP contribution is -2.39. The standard InChI is InChI=1S/C18H32N4O2S/c1-5-19-18(21-14-15-22(6-2)7-3)20-13-12-16-8-10-17(11-9-16)25(4,23)24/h8-11H,5-7,12-15H2,1-4H3,(H2,19,20,21). The summed E-state index contributed by atoms with van der Waals surface area (Å²) in [7, 11) is -3.13. The summed E-state index contributed by atoms with van der Waals surface area (Å²) in [5.41, 5.74) is 1.10. The molecule has 0 radical (unpaired) electrons. The van der Waals surface area contributed by atoms with Crippen molar-refractivity contribution in [1.82, 2.24) is 15.5 Å². The van der Waals surface area contributed by atoms with Gasteiger partial charge in [-0.1, -0.05) is 26.0 Å². The van der Waals surface area contributed by atoms with Gasteiger partial charge in [0.15, 0.2) is 15.8 Å². The molecule has 0 saturated carbocycles. The summed E-state index contributed by atoms with van der Waals surface area (Å²) in [4.78, 5) is 7.30. The van der Waals surface area contributed by atoms with Crippen molar-refractivity contribution in [3.8, 4) is 0 Å². The molecule has 2 N–H and O–H groups in total. The van der Waals surface area contributed by atoms with Crippen LogP contribution in [0.3, 0.4) is 0 Å². The Balaban J connectivity index is 2.49. The molecule has 0 fully saturated rings. The van der Waals surface area contributed by atoms with Gasteiger partial charge >= 0.3 is 0 Å². The van der Waals surface area contributed by atoms with Gasteiger partial charge in [-0.05, 0) is 44.1 Å². The molecule has 0 aliphatic heterocycles. The van der Waals surface area contributed by atoms with Gasteiger partial charge in [0.25, 0.3) is 0 Å². The fourth-order valence-corrected chi connectivity index (χ4v) is 3.04. The molecule has 6 nitrogen and oxygen atoms in total. The topological polar surface area (TPSA) is 73.8 Å². The minimum atomic E-state index is -3.13. The Labute approximate surface area is 152 Å². The summed E-state index contributed by atoms with van der Waals surface area (Å²) >= 11 is 0. The van der Waals surface area contributed by atoms with Crippen molar-refractivity contribution >= 4 is 15.8 Å². The maximum atomic E-state index is 11.5. The number of nitrogens with one attached hydrogen (secondary N) is 2. The molecule has 0 atom stereocenters. The summed E-state index contributed by atoms with van der Waals surface area (Å²) in [5.74, 6) is 0.822. The highest BCUT2D eigenvalue weighted by atomic mass is 32.2. The highest BCUT2D eigenvalue weighted by Gasteiger charge is 2.06. The van der Waals surface area contributed by atoms with Crippen LogP contribution in [0.25, 0.3) is 0 Å². The number of hydrogen-bond donors (Lipinski definition) is 2. The normalized spacial score (nSPS) is 12.4. The van der Waals surface area contributed by atoms with E-state index in [0.29, 0.717) is 4.90 Å². The molecule has 1 aromatic carbocycles. The first-order valence-electron chi connectivity index (χ1n) is 8.94. The van der Waals surface area contributed by atoms with Crippen molar-refractivity contribution in [1.29, 1.82) is 0 Å².